The van der Waals surface area contributed by atoms with Crippen LogP contribution >= 0.6 is 0 Å². The van der Waals surface area contributed by atoms with E-state index in [1.807, 2.05) is 28.3 Å². The number of carbonyl (C=O) groups is 1. The zero-order valence-corrected chi connectivity index (χ0v) is 12.3. The summed E-state index contributed by atoms with van der Waals surface area (Å²) in [5, 5.41) is 8.00. The van der Waals surface area contributed by atoms with Gasteiger partial charge < -0.3 is 10.1 Å². The van der Waals surface area contributed by atoms with Gasteiger partial charge >= 0.3 is 5.69 Å². The summed E-state index contributed by atoms with van der Waals surface area (Å²) >= 11 is 0. The average Bonchev–Trinajstić information content (AvgIpc) is 2.57. The smallest absolute Gasteiger partial charge is 0.342 e. The van der Waals surface area contributed by atoms with Crippen molar-refractivity contribution >= 4 is 11.6 Å². The molecule has 0 atom stereocenters. The van der Waals surface area contributed by atoms with E-state index in [9.17, 15) is 14.4 Å². The van der Waals surface area contributed by atoms with Gasteiger partial charge in [-0.3, -0.25) is 14.6 Å². The minimum absolute atomic E-state index is 0.360. The second-order valence-electron chi connectivity index (χ2n) is 4.72. The molecule has 1 aromatic heterocycles. The Morgan fingerprint density at radius 1 is 1.00 bits per heavy atom. The van der Waals surface area contributed by atoms with Crippen molar-refractivity contribution < 1.29 is 9.53 Å². The number of nitrogens with one attached hydrogen (secondary N) is 3. The number of hydrogen-bond acceptors (Lipinski definition) is 5. The molecule has 120 valence electrons. The Balaban J connectivity index is 1.86. The van der Waals surface area contributed by atoms with Crippen molar-refractivity contribution in [2.45, 2.75) is 0 Å². The van der Waals surface area contributed by atoms with Gasteiger partial charge in [0, 0.05) is 0 Å². The maximum absolute atomic E-state index is 12.2. The van der Waals surface area contributed by atoms with Crippen LogP contribution in [0.25, 0.3) is 0 Å². The largest absolute Gasteiger partial charge is 0.455 e. The van der Waals surface area contributed by atoms with Crippen LogP contribution in [0, 0.1) is 0 Å². The van der Waals surface area contributed by atoms with E-state index < -0.39 is 22.9 Å². The molecule has 0 bridgehead atoms. The normalized spacial score (nSPS) is 10.2. The summed E-state index contributed by atoms with van der Waals surface area (Å²) in [6.07, 6.45) is 0. The quantitative estimate of drug-likeness (QED) is 0.672. The van der Waals surface area contributed by atoms with Crippen molar-refractivity contribution in [2.24, 2.45) is 0 Å². The molecule has 1 amide bonds. The maximum Gasteiger partial charge on any atom is 0.342 e. The van der Waals surface area contributed by atoms with Gasteiger partial charge in [-0.25, -0.2) is 9.89 Å². The van der Waals surface area contributed by atoms with Crippen LogP contribution in [-0.2, 0) is 0 Å². The zero-order chi connectivity index (χ0) is 16.9. The van der Waals surface area contributed by atoms with Crippen molar-refractivity contribution in [3.05, 3.63) is 81.1 Å². The second-order valence-corrected chi connectivity index (χ2v) is 4.72. The van der Waals surface area contributed by atoms with Crippen molar-refractivity contribution in [3.63, 3.8) is 0 Å². The second kappa shape index (κ2) is 6.61. The van der Waals surface area contributed by atoms with Gasteiger partial charge in [-0.05, 0) is 24.3 Å². The molecular weight excluding hydrogens is 312 g/mol. The molecule has 3 rings (SSSR count). The fourth-order valence-electron chi connectivity index (χ4n) is 1.96. The average molecular weight is 324 g/mol. The Labute approximate surface area is 135 Å². The molecule has 2 aromatic carbocycles. The summed E-state index contributed by atoms with van der Waals surface area (Å²) in [6.45, 7) is 0. The van der Waals surface area contributed by atoms with Gasteiger partial charge in [-0.1, -0.05) is 30.3 Å². The van der Waals surface area contributed by atoms with E-state index in [0.29, 0.717) is 17.2 Å². The van der Waals surface area contributed by atoms with Crippen LogP contribution in [0.2, 0.25) is 0 Å². The molecule has 0 aliphatic heterocycles. The number of aromatic nitrogens is 3. The number of carbonyl (C=O) groups excluding carboxylic acids is 1. The van der Waals surface area contributed by atoms with E-state index in [4.69, 9.17) is 4.74 Å². The summed E-state index contributed by atoms with van der Waals surface area (Å²) < 4.78 is 5.72. The highest BCUT2D eigenvalue weighted by Crippen LogP contribution is 2.29. The Kier molecular flexibility index (Phi) is 4.19. The first-order chi connectivity index (χ1) is 11.6. The van der Waals surface area contributed by atoms with Crippen molar-refractivity contribution in [3.8, 4) is 11.5 Å². The van der Waals surface area contributed by atoms with Crippen LogP contribution < -0.4 is 21.3 Å². The Morgan fingerprint density at radius 2 is 1.71 bits per heavy atom. The molecule has 0 saturated carbocycles. The number of nitrogens with zero attached hydrogens (tertiary/aromatic N) is 1. The van der Waals surface area contributed by atoms with E-state index in [2.05, 4.69) is 10.4 Å². The predicted octanol–water partition coefficient (Wildman–Crippen LogP) is 1.50. The molecule has 0 aliphatic carbocycles. The van der Waals surface area contributed by atoms with Crippen LogP contribution in [0.4, 0.5) is 5.69 Å². The lowest BCUT2D eigenvalue weighted by atomic mass is 10.2. The first-order valence-corrected chi connectivity index (χ1v) is 6.96. The van der Waals surface area contributed by atoms with E-state index in [0.717, 1.165) is 0 Å². The van der Waals surface area contributed by atoms with Crippen LogP contribution in [0.1, 0.15) is 10.5 Å². The molecule has 0 spiro atoms. The number of anilines is 1. The highest BCUT2D eigenvalue weighted by Gasteiger charge is 2.15. The lowest BCUT2D eigenvalue weighted by Gasteiger charge is -2.11. The van der Waals surface area contributed by atoms with E-state index in [1.165, 1.54) is 0 Å². The molecule has 0 aliphatic rings. The first kappa shape index (κ1) is 15.2. The molecule has 3 N–H and O–H groups in total. The number of aromatic amines is 2. The molecule has 24 heavy (non-hydrogen) atoms. The molecule has 3 aromatic rings. The minimum atomic E-state index is -0.877. The van der Waals surface area contributed by atoms with Crippen LogP contribution in [-0.4, -0.2) is 21.1 Å². The van der Waals surface area contributed by atoms with Crippen molar-refractivity contribution in [1.29, 1.82) is 0 Å². The standard InChI is InChI=1S/C16H12N4O4/c21-14(13-15(22)18-16(23)20-19-13)17-11-8-4-5-9-12(11)24-10-6-2-1-3-7-10/h1-9H,(H,17,21)(H2,18,20,22,23). The molecule has 8 heteroatoms. The first-order valence-electron chi connectivity index (χ1n) is 6.96. The predicted molar refractivity (Wildman–Crippen MR) is 86.4 cm³/mol. The van der Waals surface area contributed by atoms with Gasteiger partial charge in [0.05, 0.1) is 5.69 Å². The SMILES string of the molecule is O=C(Nc1ccccc1Oc1ccccc1)c1n[nH]c(=O)[nH]c1=O. The topological polar surface area (TPSA) is 117 Å². The molecule has 0 radical (unpaired) electrons. The van der Waals surface area contributed by atoms with Gasteiger partial charge in [0.1, 0.15) is 5.75 Å². The van der Waals surface area contributed by atoms with Crippen molar-refractivity contribution in [2.75, 3.05) is 5.32 Å². The van der Waals surface area contributed by atoms with Gasteiger partial charge in [0.25, 0.3) is 11.5 Å². The summed E-state index contributed by atoms with van der Waals surface area (Å²) in [7, 11) is 0. The monoisotopic (exact) mass is 324 g/mol. The highest BCUT2D eigenvalue weighted by atomic mass is 16.5. The lowest BCUT2D eigenvalue weighted by molar-refractivity contribution is 0.101. The fraction of sp³-hybridized carbons (Fsp3) is 0. The molecule has 1 heterocycles. The summed E-state index contributed by atoms with van der Waals surface area (Å²) in [6, 6.07) is 15.8. The Morgan fingerprint density at radius 3 is 2.46 bits per heavy atom. The van der Waals surface area contributed by atoms with Gasteiger partial charge in [-0.2, -0.15) is 5.10 Å². The Hall–Kier alpha value is -3.68. The lowest BCUT2D eigenvalue weighted by Crippen LogP contribution is -2.32. The third kappa shape index (κ3) is 3.38. The zero-order valence-electron chi connectivity index (χ0n) is 12.3. The molecular formula is C16H12N4O4. The number of hydrogen-bond donors (Lipinski definition) is 3. The molecule has 8 nitrogen and oxygen atoms in total. The highest BCUT2D eigenvalue weighted by molar-refractivity contribution is 6.03. The third-order valence-electron chi connectivity index (χ3n) is 3.03. The third-order valence-corrected chi connectivity index (χ3v) is 3.03. The van der Waals surface area contributed by atoms with Gasteiger partial charge in [0.2, 0.25) is 5.69 Å². The maximum atomic E-state index is 12.2. The number of rotatable bonds is 4. The van der Waals surface area contributed by atoms with Gasteiger partial charge in [-0.15, -0.1) is 0 Å². The number of ether oxygens (including phenoxy) is 1. The van der Waals surface area contributed by atoms with Crippen molar-refractivity contribution in [1.82, 2.24) is 15.2 Å². The van der Waals surface area contributed by atoms with E-state index in [1.54, 1.807) is 36.4 Å². The summed E-state index contributed by atoms with van der Waals surface area (Å²) in [5.41, 5.74) is -1.76. The number of amides is 1. The van der Waals surface area contributed by atoms with Crippen LogP contribution in [0.3, 0.4) is 0 Å². The number of benzene rings is 2. The fourth-order valence-corrected chi connectivity index (χ4v) is 1.96. The van der Waals surface area contributed by atoms with E-state index >= 15 is 0 Å². The van der Waals surface area contributed by atoms with Gasteiger partial charge in [0.15, 0.2) is 5.75 Å². The number of para-hydroxylation sites is 3. The van der Waals surface area contributed by atoms with Crippen LogP contribution in [0.15, 0.2) is 64.2 Å². The summed E-state index contributed by atoms with van der Waals surface area (Å²) in [4.78, 5) is 36.7. The minimum Gasteiger partial charge on any atom is -0.455 e. The molecule has 0 unspecified atom stereocenters. The van der Waals surface area contributed by atoms with E-state index in [-0.39, 0.29) is 0 Å². The molecule has 0 fully saturated rings. The summed E-state index contributed by atoms with van der Waals surface area (Å²) in [5.74, 6) is 0.230. The van der Waals surface area contributed by atoms with Crippen LogP contribution in [0.5, 0.6) is 11.5 Å². The number of H-pyrrole nitrogens is 2. The molecule has 0 saturated heterocycles. The Bertz CT molecular complexity index is 979.